The molecule has 1 N–H and O–H groups in total. The van der Waals surface area contributed by atoms with Crippen LogP contribution in [0, 0.1) is 5.92 Å². The monoisotopic (exact) mass is 284 g/mol. The van der Waals surface area contributed by atoms with Gasteiger partial charge in [0.25, 0.3) is 5.91 Å². The Labute approximate surface area is 102 Å². The summed E-state index contributed by atoms with van der Waals surface area (Å²) in [7, 11) is 0. The zero-order valence-electron chi connectivity index (χ0n) is 8.78. The zero-order chi connectivity index (χ0) is 11.5. The lowest BCUT2D eigenvalue weighted by Gasteiger charge is -2.15. The van der Waals surface area contributed by atoms with E-state index < -0.39 is 0 Å². The molecule has 1 amide bonds. The first-order valence-corrected chi connectivity index (χ1v) is 6.37. The van der Waals surface area contributed by atoms with Crippen molar-refractivity contribution in [1.82, 2.24) is 9.88 Å². The Balaban J connectivity index is 2.08. The van der Waals surface area contributed by atoms with Crippen molar-refractivity contribution in [3.63, 3.8) is 0 Å². The van der Waals surface area contributed by atoms with Gasteiger partial charge in [-0.15, -0.1) is 0 Å². The highest BCUT2D eigenvalue weighted by molar-refractivity contribution is 9.09. The van der Waals surface area contributed by atoms with Gasteiger partial charge >= 0.3 is 0 Å². The minimum atomic E-state index is -0.184. The maximum absolute atomic E-state index is 12.0. The highest BCUT2D eigenvalue weighted by atomic mass is 79.9. The fourth-order valence-corrected chi connectivity index (χ4v) is 2.40. The number of alkyl halides is 1. The van der Waals surface area contributed by atoms with Crippen LogP contribution in [0.1, 0.15) is 16.8 Å². The van der Waals surface area contributed by atoms with Crippen molar-refractivity contribution in [2.45, 2.75) is 6.42 Å². The van der Waals surface area contributed by atoms with Gasteiger partial charge < -0.3 is 9.88 Å². The van der Waals surface area contributed by atoms with Gasteiger partial charge in [0, 0.05) is 30.7 Å². The highest BCUT2D eigenvalue weighted by Gasteiger charge is 2.26. The molecule has 86 valence electrons. The van der Waals surface area contributed by atoms with Crippen molar-refractivity contribution < 1.29 is 4.79 Å². The van der Waals surface area contributed by atoms with E-state index in [4.69, 9.17) is 0 Å². The molecule has 1 aromatic rings. The molecule has 0 aliphatic carbocycles. The van der Waals surface area contributed by atoms with E-state index in [2.05, 4.69) is 20.9 Å². The van der Waals surface area contributed by atoms with Crippen LogP contribution in [0.5, 0.6) is 0 Å². The average Bonchev–Trinajstić information content (AvgIpc) is 2.77. The fourth-order valence-electron chi connectivity index (χ4n) is 1.87. The van der Waals surface area contributed by atoms with Crippen LogP contribution in [-0.2, 0) is 0 Å². The van der Waals surface area contributed by atoms with Crippen LogP contribution in [-0.4, -0.2) is 34.2 Å². The normalized spacial score (nSPS) is 20.1. The number of pyridine rings is 1. The maximum atomic E-state index is 12.0. The molecule has 2 heterocycles. The number of nitrogens with zero attached hydrogens (tertiary/aromatic N) is 1. The molecular weight excluding hydrogens is 272 g/mol. The summed E-state index contributed by atoms with van der Waals surface area (Å²) >= 11 is 3.43. The van der Waals surface area contributed by atoms with E-state index in [-0.39, 0.29) is 11.5 Å². The SMILES string of the molecule is O=C(c1ccc(=O)[nH]c1)N1CCC(CBr)C1. The lowest BCUT2D eigenvalue weighted by Crippen LogP contribution is -2.29. The van der Waals surface area contributed by atoms with Crippen LogP contribution >= 0.6 is 15.9 Å². The lowest BCUT2D eigenvalue weighted by molar-refractivity contribution is 0.0788. The number of hydrogen-bond donors (Lipinski definition) is 1. The van der Waals surface area contributed by atoms with Gasteiger partial charge in [-0.25, -0.2) is 0 Å². The Morgan fingerprint density at radius 1 is 1.56 bits per heavy atom. The zero-order valence-corrected chi connectivity index (χ0v) is 10.4. The first kappa shape index (κ1) is 11.4. The summed E-state index contributed by atoms with van der Waals surface area (Å²) < 4.78 is 0. The molecule has 1 aliphatic heterocycles. The van der Waals surface area contributed by atoms with Gasteiger partial charge in [-0.1, -0.05) is 15.9 Å². The summed E-state index contributed by atoms with van der Waals surface area (Å²) in [4.78, 5) is 27.2. The number of likely N-dealkylation sites (tertiary alicyclic amines) is 1. The van der Waals surface area contributed by atoms with Crippen molar-refractivity contribution in [3.8, 4) is 0 Å². The number of aromatic nitrogens is 1. The third kappa shape index (κ3) is 2.35. The van der Waals surface area contributed by atoms with Crippen molar-refractivity contribution in [3.05, 3.63) is 34.2 Å². The van der Waals surface area contributed by atoms with Crippen molar-refractivity contribution >= 4 is 21.8 Å². The smallest absolute Gasteiger partial charge is 0.255 e. The van der Waals surface area contributed by atoms with E-state index in [1.165, 1.54) is 12.3 Å². The van der Waals surface area contributed by atoms with Gasteiger partial charge in [-0.3, -0.25) is 9.59 Å². The summed E-state index contributed by atoms with van der Waals surface area (Å²) in [6.07, 6.45) is 2.52. The number of halogens is 1. The van der Waals surface area contributed by atoms with Crippen LogP contribution in [0.3, 0.4) is 0 Å². The van der Waals surface area contributed by atoms with Gasteiger partial charge in [0.2, 0.25) is 5.56 Å². The van der Waals surface area contributed by atoms with E-state index in [9.17, 15) is 9.59 Å². The molecule has 16 heavy (non-hydrogen) atoms. The molecule has 0 bridgehead atoms. The second-order valence-electron chi connectivity index (χ2n) is 4.00. The molecule has 0 saturated carbocycles. The number of carbonyl (C=O) groups is 1. The quantitative estimate of drug-likeness (QED) is 0.831. The summed E-state index contributed by atoms with van der Waals surface area (Å²) in [5.74, 6) is 0.548. The van der Waals surface area contributed by atoms with Gasteiger partial charge in [0.05, 0.1) is 5.56 Å². The highest BCUT2D eigenvalue weighted by Crippen LogP contribution is 2.19. The molecule has 1 fully saturated rings. The van der Waals surface area contributed by atoms with Gasteiger partial charge in [0.1, 0.15) is 0 Å². The molecule has 1 saturated heterocycles. The molecule has 5 heteroatoms. The first-order valence-electron chi connectivity index (χ1n) is 5.24. The molecule has 0 spiro atoms. The molecule has 1 unspecified atom stereocenters. The maximum Gasteiger partial charge on any atom is 0.255 e. The molecular formula is C11H13BrN2O2. The molecule has 2 rings (SSSR count). The molecule has 0 radical (unpaired) electrons. The number of carbonyl (C=O) groups excluding carboxylic acids is 1. The van der Waals surface area contributed by atoms with Gasteiger partial charge in [0.15, 0.2) is 0 Å². The summed E-state index contributed by atoms with van der Waals surface area (Å²) in [5.41, 5.74) is 0.367. The predicted octanol–water partition coefficient (Wildman–Crippen LogP) is 1.23. The fraction of sp³-hybridized carbons (Fsp3) is 0.455. The Kier molecular flexibility index (Phi) is 3.43. The Morgan fingerprint density at radius 2 is 2.38 bits per heavy atom. The van der Waals surface area contributed by atoms with Crippen molar-refractivity contribution in [2.75, 3.05) is 18.4 Å². The first-order chi connectivity index (χ1) is 7.70. The Bertz CT molecular complexity index is 423. The standard InChI is InChI=1S/C11H13BrN2O2/c12-5-8-3-4-14(7-8)11(16)9-1-2-10(15)13-6-9/h1-2,6,8H,3-5,7H2,(H,13,15). The Morgan fingerprint density at radius 3 is 2.94 bits per heavy atom. The second-order valence-corrected chi connectivity index (χ2v) is 4.65. The van der Waals surface area contributed by atoms with Gasteiger partial charge in [-0.05, 0) is 18.4 Å². The molecule has 4 nitrogen and oxygen atoms in total. The summed E-state index contributed by atoms with van der Waals surface area (Å²) in [6.45, 7) is 1.59. The van der Waals surface area contributed by atoms with Crippen LogP contribution in [0.2, 0.25) is 0 Å². The van der Waals surface area contributed by atoms with Crippen LogP contribution in [0.4, 0.5) is 0 Å². The van der Waals surface area contributed by atoms with E-state index in [0.717, 1.165) is 24.8 Å². The second kappa shape index (κ2) is 4.82. The van der Waals surface area contributed by atoms with E-state index in [1.807, 2.05) is 4.90 Å². The minimum absolute atomic E-state index is 0.000278. The average molecular weight is 285 g/mol. The third-order valence-corrected chi connectivity index (χ3v) is 3.74. The molecule has 1 atom stereocenters. The van der Waals surface area contributed by atoms with Crippen LogP contribution in [0.15, 0.2) is 23.1 Å². The number of hydrogen-bond acceptors (Lipinski definition) is 2. The van der Waals surface area contributed by atoms with Crippen LogP contribution < -0.4 is 5.56 Å². The topological polar surface area (TPSA) is 53.2 Å². The number of H-pyrrole nitrogens is 1. The minimum Gasteiger partial charge on any atom is -0.338 e. The van der Waals surface area contributed by atoms with E-state index >= 15 is 0 Å². The number of aromatic amines is 1. The summed E-state index contributed by atoms with van der Waals surface area (Å²) in [6, 6.07) is 2.95. The lowest BCUT2D eigenvalue weighted by atomic mass is 10.2. The van der Waals surface area contributed by atoms with Crippen LogP contribution in [0.25, 0.3) is 0 Å². The predicted molar refractivity (Wildman–Crippen MR) is 64.9 cm³/mol. The Hall–Kier alpha value is -1.10. The van der Waals surface area contributed by atoms with Gasteiger partial charge in [-0.2, -0.15) is 0 Å². The number of amides is 1. The van der Waals surface area contributed by atoms with Crippen molar-refractivity contribution in [2.24, 2.45) is 5.92 Å². The van der Waals surface area contributed by atoms with E-state index in [1.54, 1.807) is 6.07 Å². The summed E-state index contributed by atoms with van der Waals surface area (Å²) in [5, 5.41) is 0.933. The molecule has 1 aromatic heterocycles. The molecule has 0 aromatic carbocycles. The number of rotatable bonds is 2. The number of nitrogens with one attached hydrogen (secondary N) is 1. The third-order valence-electron chi connectivity index (χ3n) is 2.82. The van der Waals surface area contributed by atoms with Crippen molar-refractivity contribution in [1.29, 1.82) is 0 Å². The molecule has 1 aliphatic rings. The largest absolute Gasteiger partial charge is 0.338 e. The van der Waals surface area contributed by atoms with E-state index in [0.29, 0.717) is 11.5 Å².